The van der Waals surface area contributed by atoms with Gasteiger partial charge in [-0.2, -0.15) is 0 Å². The van der Waals surface area contributed by atoms with Crippen molar-refractivity contribution < 1.29 is 13.2 Å². The fourth-order valence-electron chi connectivity index (χ4n) is 2.11. The van der Waals surface area contributed by atoms with Crippen LogP contribution in [0.2, 0.25) is 0 Å². The highest BCUT2D eigenvalue weighted by Crippen LogP contribution is 2.21. The highest BCUT2D eigenvalue weighted by Gasteiger charge is 2.21. The minimum absolute atomic E-state index is 0.0446. The highest BCUT2D eigenvalue weighted by molar-refractivity contribution is 8.13. The molecular formula is C14H16ClNO3S. The first-order valence-electron chi connectivity index (χ1n) is 6.29. The van der Waals surface area contributed by atoms with Crippen LogP contribution in [0.15, 0.2) is 34.7 Å². The van der Waals surface area contributed by atoms with Crippen LogP contribution in [0.1, 0.15) is 29.3 Å². The zero-order valence-corrected chi connectivity index (χ0v) is 13.0. The van der Waals surface area contributed by atoms with E-state index in [1.807, 2.05) is 13.0 Å². The summed E-state index contributed by atoms with van der Waals surface area (Å²) in [5.41, 5.74) is 2.40. The number of nitrogens with zero attached hydrogens (tertiary/aromatic N) is 1. The summed E-state index contributed by atoms with van der Waals surface area (Å²) in [4.78, 5) is 14.1. The zero-order chi connectivity index (χ0) is 14.9. The van der Waals surface area contributed by atoms with Gasteiger partial charge in [-0.3, -0.25) is 4.79 Å². The van der Waals surface area contributed by atoms with E-state index >= 15 is 0 Å². The van der Waals surface area contributed by atoms with Gasteiger partial charge in [-0.1, -0.05) is 17.7 Å². The summed E-state index contributed by atoms with van der Waals surface area (Å²) >= 11 is 0. The maximum atomic E-state index is 12.5. The fraction of sp³-hybridized carbons (Fsp3) is 0.357. The predicted molar refractivity (Wildman–Crippen MR) is 78.5 cm³/mol. The van der Waals surface area contributed by atoms with Crippen LogP contribution in [-0.4, -0.2) is 32.3 Å². The molecule has 20 heavy (non-hydrogen) atoms. The van der Waals surface area contributed by atoms with Crippen molar-refractivity contribution in [2.45, 2.75) is 25.2 Å². The Kier molecular flexibility index (Phi) is 4.20. The summed E-state index contributed by atoms with van der Waals surface area (Å²) < 4.78 is 22.7. The third-order valence-corrected chi connectivity index (χ3v) is 4.80. The van der Waals surface area contributed by atoms with Crippen LogP contribution in [-0.2, 0) is 9.05 Å². The van der Waals surface area contributed by atoms with Crippen molar-refractivity contribution >= 4 is 25.6 Å². The molecule has 1 aliphatic heterocycles. The molecule has 4 nitrogen and oxygen atoms in total. The number of halogens is 1. The van der Waals surface area contributed by atoms with Crippen LogP contribution in [0.5, 0.6) is 0 Å². The second-order valence-corrected chi connectivity index (χ2v) is 7.53. The molecule has 0 radical (unpaired) electrons. The molecule has 0 aliphatic carbocycles. The first-order chi connectivity index (χ1) is 9.29. The topological polar surface area (TPSA) is 54.5 Å². The Bertz CT molecular complexity index is 680. The van der Waals surface area contributed by atoms with Crippen molar-refractivity contribution in [1.29, 1.82) is 0 Å². The average molecular weight is 314 g/mol. The van der Waals surface area contributed by atoms with E-state index in [1.54, 1.807) is 17.9 Å². The second-order valence-electron chi connectivity index (χ2n) is 4.97. The summed E-state index contributed by atoms with van der Waals surface area (Å²) in [6.45, 7) is 5.02. The smallest absolute Gasteiger partial charge is 0.261 e. The van der Waals surface area contributed by atoms with E-state index in [1.165, 1.54) is 17.7 Å². The van der Waals surface area contributed by atoms with Gasteiger partial charge in [0.15, 0.2) is 0 Å². The Balaban J connectivity index is 2.35. The average Bonchev–Trinajstić information content (AvgIpc) is 2.38. The van der Waals surface area contributed by atoms with Crippen molar-refractivity contribution in [2.75, 3.05) is 13.1 Å². The Hall–Kier alpha value is -1.33. The minimum Gasteiger partial charge on any atom is -0.335 e. The molecular weight excluding hydrogens is 298 g/mol. The fourth-order valence-corrected chi connectivity index (χ4v) is 2.89. The van der Waals surface area contributed by atoms with Gasteiger partial charge in [-0.25, -0.2) is 8.42 Å². The molecule has 0 aromatic heterocycles. The second kappa shape index (κ2) is 5.58. The van der Waals surface area contributed by atoms with Gasteiger partial charge in [-0.15, -0.1) is 0 Å². The molecule has 0 N–H and O–H groups in total. The summed E-state index contributed by atoms with van der Waals surface area (Å²) in [5, 5.41) is 0. The van der Waals surface area contributed by atoms with Crippen molar-refractivity contribution in [3.63, 3.8) is 0 Å². The number of hydrogen-bond donors (Lipinski definition) is 0. The molecule has 0 saturated carbocycles. The summed E-state index contributed by atoms with van der Waals surface area (Å²) in [6.07, 6.45) is 2.86. The van der Waals surface area contributed by atoms with E-state index in [2.05, 4.69) is 0 Å². The van der Waals surface area contributed by atoms with Crippen molar-refractivity contribution in [3.05, 3.63) is 41.0 Å². The monoisotopic (exact) mass is 313 g/mol. The lowest BCUT2D eigenvalue weighted by molar-refractivity contribution is 0.0768. The Morgan fingerprint density at radius 1 is 1.30 bits per heavy atom. The van der Waals surface area contributed by atoms with E-state index in [0.29, 0.717) is 18.7 Å². The van der Waals surface area contributed by atoms with Gasteiger partial charge in [0.2, 0.25) is 0 Å². The van der Waals surface area contributed by atoms with E-state index in [4.69, 9.17) is 10.7 Å². The van der Waals surface area contributed by atoms with E-state index < -0.39 is 9.05 Å². The molecule has 108 valence electrons. The highest BCUT2D eigenvalue weighted by atomic mass is 35.7. The molecule has 6 heteroatoms. The number of rotatable bonds is 2. The molecule has 1 aromatic carbocycles. The van der Waals surface area contributed by atoms with Crippen LogP contribution in [0.25, 0.3) is 0 Å². The summed E-state index contributed by atoms with van der Waals surface area (Å²) in [7, 11) is 1.50. The number of benzene rings is 1. The van der Waals surface area contributed by atoms with E-state index in [0.717, 1.165) is 12.0 Å². The third-order valence-electron chi connectivity index (χ3n) is 3.44. The largest absolute Gasteiger partial charge is 0.335 e. The van der Waals surface area contributed by atoms with Crippen molar-refractivity contribution in [1.82, 2.24) is 4.90 Å². The van der Waals surface area contributed by atoms with Crippen LogP contribution in [0, 0.1) is 6.92 Å². The standard InChI is InChI=1S/C14H16ClNO3S/c1-10-5-7-16(8-6-10)14(17)13-9-12(20(15,18)19)4-3-11(13)2/h3-5,9H,6-8H2,1-2H3. The van der Waals surface area contributed by atoms with Crippen LogP contribution in [0.3, 0.4) is 0 Å². The SMILES string of the molecule is CC1=CCN(C(=O)c2cc(S(=O)(=O)Cl)ccc2C)CC1. The van der Waals surface area contributed by atoms with Crippen molar-refractivity contribution in [3.8, 4) is 0 Å². The Labute approximate surface area is 123 Å². The predicted octanol–water partition coefficient (Wildman–Crippen LogP) is 2.71. The Morgan fingerprint density at radius 3 is 2.55 bits per heavy atom. The molecule has 1 heterocycles. The zero-order valence-electron chi connectivity index (χ0n) is 11.4. The normalized spacial score (nSPS) is 15.9. The molecule has 0 saturated heterocycles. The number of carbonyl (C=O) groups excluding carboxylic acids is 1. The maximum Gasteiger partial charge on any atom is 0.261 e. The van der Waals surface area contributed by atoms with Crippen LogP contribution >= 0.6 is 10.7 Å². The van der Waals surface area contributed by atoms with E-state index in [-0.39, 0.29) is 10.8 Å². The van der Waals surface area contributed by atoms with Gasteiger partial charge in [0.1, 0.15) is 0 Å². The van der Waals surface area contributed by atoms with Gasteiger partial charge >= 0.3 is 0 Å². The molecule has 1 amide bonds. The lowest BCUT2D eigenvalue weighted by atomic mass is 10.1. The number of amides is 1. The molecule has 0 spiro atoms. The summed E-state index contributed by atoms with van der Waals surface area (Å²) in [6, 6.07) is 4.37. The van der Waals surface area contributed by atoms with Crippen LogP contribution < -0.4 is 0 Å². The first-order valence-corrected chi connectivity index (χ1v) is 8.60. The molecule has 0 fully saturated rings. The summed E-state index contributed by atoms with van der Waals surface area (Å²) in [5.74, 6) is -0.159. The molecule has 0 unspecified atom stereocenters. The lowest BCUT2D eigenvalue weighted by Crippen LogP contribution is -2.35. The quantitative estimate of drug-likeness (QED) is 0.623. The first kappa shape index (κ1) is 15.1. The van der Waals surface area contributed by atoms with Crippen molar-refractivity contribution in [2.24, 2.45) is 0 Å². The van der Waals surface area contributed by atoms with E-state index in [9.17, 15) is 13.2 Å². The number of hydrogen-bond acceptors (Lipinski definition) is 3. The number of aryl methyl sites for hydroxylation is 1. The molecule has 1 aliphatic rings. The lowest BCUT2D eigenvalue weighted by Gasteiger charge is -2.26. The molecule has 1 aromatic rings. The van der Waals surface area contributed by atoms with Gasteiger partial charge in [-0.05, 0) is 38.0 Å². The third kappa shape index (κ3) is 3.22. The minimum atomic E-state index is -3.83. The Morgan fingerprint density at radius 2 is 2.00 bits per heavy atom. The van der Waals surface area contributed by atoms with Gasteiger partial charge < -0.3 is 4.90 Å². The van der Waals surface area contributed by atoms with Crippen LogP contribution in [0.4, 0.5) is 0 Å². The molecule has 0 atom stereocenters. The molecule has 2 rings (SSSR count). The molecule has 0 bridgehead atoms. The van der Waals surface area contributed by atoms with Gasteiger partial charge in [0.05, 0.1) is 4.90 Å². The maximum absolute atomic E-state index is 12.5. The number of carbonyl (C=O) groups is 1. The van der Waals surface area contributed by atoms with Gasteiger partial charge in [0.25, 0.3) is 15.0 Å². The van der Waals surface area contributed by atoms with Gasteiger partial charge in [0, 0.05) is 29.3 Å².